The van der Waals surface area contributed by atoms with E-state index < -0.39 is 0 Å². The minimum atomic E-state index is -0.125. The molecule has 1 aromatic carbocycles. The topological polar surface area (TPSA) is 71.5 Å². The van der Waals surface area contributed by atoms with Crippen molar-refractivity contribution in [3.05, 3.63) is 59.9 Å². The van der Waals surface area contributed by atoms with E-state index in [0.29, 0.717) is 17.9 Å². The van der Waals surface area contributed by atoms with Gasteiger partial charge in [-0.1, -0.05) is 0 Å². The Bertz CT molecular complexity index is 741. The summed E-state index contributed by atoms with van der Waals surface area (Å²) in [7, 11) is 0. The molecule has 6 nitrogen and oxygen atoms in total. The zero-order chi connectivity index (χ0) is 18.9. The van der Waals surface area contributed by atoms with Crippen LogP contribution < -0.4 is 10.1 Å². The quantitative estimate of drug-likeness (QED) is 0.816. The molecule has 27 heavy (non-hydrogen) atoms. The maximum Gasteiger partial charge on any atom is 0.260 e. The van der Waals surface area contributed by atoms with E-state index in [1.165, 1.54) is 6.42 Å². The Hall–Kier alpha value is -2.89. The number of amides is 2. The Morgan fingerprint density at radius 2 is 1.70 bits per heavy atom. The van der Waals surface area contributed by atoms with Gasteiger partial charge in [-0.15, -0.1) is 0 Å². The second-order valence-corrected chi connectivity index (χ2v) is 6.62. The molecular formula is C21H25N3O3. The van der Waals surface area contributed by atoms with Crippen LogP contribution in [0.3, 0.4) is 0 Å². The first kappa shape index (κ1) is 18.9. The number of carbonyl (C=O) groups excluding carboxylic acids is 2. The van der Waals surface area contributed by atoms with Gasteiger partial charge in [-0.25, -0.2) is 0 Å². The smallest absolute Gasteiger partial charge is 0.260 e. The standard InChI is InChI=1S/C21H25N3O3/c25-20(24-14-2-1-3-15-24)16-27-19-6-4-18(5-7-19)21(26)23-13-10-17-8-11-22-12-9-17/h4-9,11-12H,1-3,10,13-16H2,(H,23,26). The molecule has 2 amide bonds. The monoisotopic (exact) mass is 367 g/mol. The molecular weight excluding hydrogens is 342 g/mol. The molecule has 0 aliphatic carbocycles. The third-order valence-corrected chi connectivity index (χ3v) is 4.64. The van der Waals surface area contributed by atoms with Crippen molar-refractivity contribution in [2.24, 2.45) is 0 Å². The minimum Gasteiger partial charge on any atom is -0.484 e. The van der Waals surface area contributed by atoms with Crippen LogP contribution >= 0.6 is 0 Å². The van der Waals surface area contributed by atoms with Crippen molar-refractivity contribution >= 4 is 11.8 Å². The first-order valence-electron chi connectivity index (χ1n) is 9.40. The Kier molecular flexibility index (Phi) is 6.79. The fourth-order valence-corrected chi connectivity index (χ4v) is 3.05. The third-order valence-electron chi connectivity index (χ3n) is 4.64. The molecule has 6 heteroatoms. The summed E-state index contributed by atoms with van der Waals surface area (Å²) in [6.07, 6.45) is 7.57. The maximum atomic E-state index is 12.2. The number of aromatic nitrogens is 1. The fraction of sp³-hybridized carbons (Fsp3) is 0.381. The molecule has 3 rings (SSSR count). The third kappa shape index (κ3) is 5.81. The average Bonchev–Trinajstić information content (AvgIpc) is 2.73. The number of pyridine rings is 1. The summed E-state index contributed by atoms with van der Waals surface area (Å²) in [6, 6.07) is 10.7. The zero-order valence-corrected chi connectivity index (χ0v) is 15.4. The second kappa shape index (κ2) is 9.71. The molecule has 1 aliphatic heterocycles. The van der Waals surface area contributed by atoms with Gasteiger partial charge in [0.25, 0.3) is 11.8 Å². The van der Waals surface area contributed by atoms with Crippen LogP contribution in [0.5, 0.6) is 5.75 Å². The zero-order valence-electron chi connectivity index (χ0n) is 15.4. The number of carbonyl (C=O) groups is 2. The average molecular weight is 367 g/mol. The van der Waals surface area contributed by atoms with Crippen LogP contribution in [0.4, 0.5) is 0 Å². The van der Waals surface area contributed by atoms with Gasteiger partial charge in [-0.3, -0.25) is 14.6 Å². The SMILES string of the molecule is O=C(NCCc1ccncc1)c1ccc(OCC(=O)N2CCCCC2)cc1. The van der Waals surface area contributed by atoms with E-state index >= 15 is 0 Å². The molecule has 1 aliphatic rings. The number of benzene rings is 1. The van der Waals surface area contributed by atoms with Gasteiger partial charge in [-0.05, 0) is 67.6 Å². The summed E-state index contributed by atoms with van der Waals surface area (Å²) in [5.41, 5.74) is 1.70. The molecule has 1 aromatic heterocycles. The molecule has 142 valence electrons. The van der Waals surface area contributed by atoms with Gasteiger partial charge in [0.15, 0.2) is 6.61 Å². The van der Waals surface area contributed by atoms with Gasteiger partial charge >= 0.3 is 0 Å². The molecule has 2 aromatic rings. The molecule has 1 N–H and O–H groups in total. The van der Waals surface area contributed by atoms with Crippen molar-refractivity contribution in [3.63, 3.8) is 0 Å². The highest BCUT2D eigenvalue weighted by Crippen LogP contribution is 2.14. The van der Waals surface area contributed by atoms with Gasteiger partial charge in [-0.2, -0.15) is 0 Å². The van der Waals surface area contributed by atoms with Crippen molar-refractivity contribution in [2.45, 2.75) is 25.7 Å². The van der Waals surface area contributed by atoms with E-state index in [-0.39, 0.29) is 18.4 Å². The largest absolute Gasteiger partial charge is 0.484 e. The summed E-state index contributed by atoms with van der Waals surface area (Å²) < 4.78 is 5.57. The summed E-state index contributed by atoms with van der Waals surface area (Å²) in [5.74, 6) is 0.487. The molecule has 1 saturated heterocycles. The fourth-order valence-electron chi connectivity index (χ4n) is 3.05. The molecule has 0 bridgehead atoms. The van der Waals surface area contributed by atoms with Gasteiger partial charge in [0.1, 0.15) is 5.75 Å². The van der Waals surface area contributed by atoms with Crippen LogP contribution in [-0.2, 0) is 11.2 Å². The number of hydrogen-bond donors (Lipinski definition) is 1. The molecule has 0 atom stereocenters. The van der Waals surface area contributed by atoms with E-state index in [2.05, 4.69) is 10.3 Å². The lowest BCUT2D eigenvalue weighted by atomic mass is 10.1. The van der Waals surface area contributed by atoms with Crippen LogP contribution in [0.25, 0.3) is 0 Å². The van der Waals surface area contributed by atoms with E-state index in [1.807, 2.05) is 17.0 Å². The highest BCUT2D eigenvalue weighted by atomic mass is 16.5. The maximum absolute atomic E-state index is 12.2. The molecule has 0 spiro atoms. The Morgan fingerprint density at radius 3 is 2.41 bits per heavy atom. The summed E-state index contributed by atoms with van der Waals surface area (Å²) in [4.78, 5) is 30.1. The lowest BCUT2D eigenvalue weighted by Crippen LogP contribution is -2.38. The number of ether oxygens (including phenoxy) is 1. The van der Waals surface area contributed by atoms with Gasteiger partial charge in [0.05, 0.1) is 0 Å². The molecule has 0 unspecified atom stereocenters. The molecule has 0 saturated carbocycles. The molecule has 2 heterocycles. The highest BCUT2D eigenvalue weighted by molar-refractivity contribution is 5.94. The van der Waals surface area contributed by atoms with Crippen LogP contribution in [0.1, 0.15) is 35.2 Å². The van der Waals surface area contributed by atoms with Gasteiger partial charge in [0, 0.05) is 37.6 Å². The van der Waals surface area contributed by atoms with Crippen molar-refractivity contribution < 1.29 is 14.3 Å². The van der Waals surface area contributed by atoms with Crippen LogP contribution in [0.2, 0.25) is 0 Å². The van der Waals surface area contributed by atoms with Gasteiger partial charge in [0.2, 0.25) is 0 Å². The van der Waals surface area contributed by atoms with Crippen molar-refractivity contribution in [1.29, 1.82) is 0 Å². The molecule has 1 fully saturated rings. The number of piperidine rings is 1. The number of nitrogens with one attached hydrogen (secondary N) is 1. The predicted octanol–water partition coefficient (Wildman–Crippen LogP) is 2.45. The van der Waals surface area contributed by atoms with Crippen molar-refractivity contribution in [3.8, 4) is 5.75 Å². The van der Waals surface area contributed by atoms with Gasteiger partial charge < -0.3 is 15.0 Å². The first-order chi connectivity index (χ1) is 13.2. The first-order valence-corrected chi connectivity index (χ1v) is 9.40. The van der Waals surface area contributed by atoms with E-state index in [4.69, 9.17) is 4.74 Å². The number of nitrogens with zero attached hydrogens (tertiary/aromatic N) is 2. The second-order valence-electron chi connectivity index (χ2n) is 6.62. The Balaban J connectivity index is 1.42. The Labute approximate surface area is 159 Å². The van der Waals surface area contributed by atoms with E-state index in [1.54, 1.807) is 36.7 Å². The predicted molar refractivity (Wildman–Crippen MR) is 103 cm³/mol. The summed E-state index contributed by atoms with van der Waals surface area (Å²) in [6.45, 7) is 2.24. The highest BCUT2D eigenvalue weighted by Gasteiger charge is 2.16. The van der Waals surface area contributed by atoms with Crippen molar-refractivity contribution in [1.82, 2.24) is 15.2 Å². The van der Waals surface area contributed by atoms with Crippen LogP contribution in [0.15, 0.2) is 48.8 Å². The number of rotatable bonds is 7. The van der Waals surface area contributed by atoms with Crippen LogP contribution in [0, 0.1) is 0 Å². The number of likely N-dealkylation sites (tertiary alicyclic amines) is 1. The summed E-state index contributed by atoms with van der Waals surface area (Å²) in [5, 5.41) is 2.90. The van der Waals surface area contributed by atoms with Crippen LogP contribution in [-0.4, -0.2) is 47.9 Å². The minimum absolute atomic E-state index is 0.0210. The summed E-state index contributed by atoms with van der Waals surface area (Å²) >= 11 is 0. The normalized spacial score (nSPS) is 13.9. The lowest BCUT2D eigenvalue weighted by molar-refractivity contribution is -0.134. The Morgan fingerprint density at radius 1 is 1.00 bits per heavy atom. The molecule has 0 radical (unpaired) electrons. The lowest BCUT2D eigenvalue weighted by Gasteiger charge is -2.26. The van der Waals surface area contributed by atoms with E-state index in [0.717, 1.165) is 37.9 Å². The number of hydrogen-bond acceptors (Lipinski definition) is 4. The van der Waals surface area contributed by atoms with Crippen molar-refractivity contribution in [2.75, 3.05) is 26.2 Å². The van der Waals surface area contributed by atoms with E-state index in [9.17, 15) is 9.59 Å².